The summed E-state index contributed by atoms with van der Waals surface area (Å²) in [6, 6.07) is 20.4. The van der Waals surface area contributed by atoms with E-state index in [-0.39, 0.29) is 36.8 Å². The van der Waals surface area contributed by atoms with Crippen LogP contribution in [0.5, 0.6) is 17.2 Å². The molecule has 1 N–H and O–H groups in total. The van der Waals surface area contributed by atoms with Crippen LogP contribution < -0.4 is 18.8 Å². The quantitative estimate of drug-likeness (QED) is 0.0762. The van der Waals surface area contributed by atoms with Gasteiger partial charge >= 0.3 is 0 Å². The third-order valence-electron chi connectivity index (χ3n) is 14.4. The summed E-state index contributed by atoms with van der Waals surface area (Å²) in [4.78, 5) is 24.9. The summed E-state index contributed by atoms with van der Waals surface area (Å²) in [6.07, 6.45) is 19.8. The van der Waals surface area contributed by atoms with Crippen LogP contribution in [0.25, 0.3) is 11.1 Å². The Kier molecular flexibility index (Phi) is 15.3. The zero-order valence-corrected chi connectivity index (χ0v) is 38.9. The molecule has 3 saturated carbocycles. The first-order valence-corrected chi connectivity index (χ1v) is 24.7. The fourth-order valence-electron chi connectivity index (χ4n) is 10.9. The number of pyridine rings is 1. The number of aliphatic hydroxyl groups is 1. The van der Waals surface area contributed by atoms with E-state index in [9.17, 15) is 20.0 Å². The summed E-state index contributed by atoms with van der Waals surface area (Å²) in [5, 5.41) is 20.9. The monoisotopic (exact) mass is 905 g/mol. The summed E-state index contributed by atoms with van der Waals surface area (Å²) in [5.74, 6) is 3.08. The average Bonchev–Trinajstić information content (AvgIpc) is 3.56. The minimum Gasteiger partial charge on any atom is -0.492 e. The van der Waals surface area contributed by atoms with Crippen LogP contribution in [0, 0.1) is 28.6 Å². The molecule has 4 aliphatic rings. The predicted molar refractivity (Wildman–Crippen MR) is 250 cm³/mol. The van der Waals surface area contributed by atoms with Crippen molar-refractivity contribution in [2.24, 2.45) is 17.3 Å². The third-order valence-corrected chi connectivity index (χ3v) is 15.1. The van der Waals surface area contributed by atoms with Crippen LogP contribution in [0.1, 0.15) is 150 Å². The number of aryl methyl sites for hydroxylation is 1. The van der Waals surface area contributed by atoms with Gasteiger partial charge in [0.05, 0.1) is 34.7 Å². The van der Waals surface area contributed by atoms with Crippen LogP contribution in [0.3, 0.4) is 0 Å². The number of hydrogen-bond donors (Lipinski definition) is 1. The van der Waals surface area contributed by atoms with Gasteiger partial charge in [0.25, 0.3) is 0 Å². The Bertz CT molecular complexity index is 2360. The van der Waals surface area contributed by atoms with E-state index in [1.807, 2.05) is 54.2 Å². The molecule has 1 spiro atoms. The topological polar surface area (TPSA) is 110 Å². The van der Waals surface area contributed by atoms with Gasteiger partial charge in [-0.1, -0.05) is 79.2 Å². The van der Waals surface area contributed by atoms with E-state index >= 15 is 0 Å². The maximum Gasteiger partial charge on any atom is 0.186 e. The summed E-state index contributed by atoms with van der Waals surface area (Å²) in [5.41, 5.74) is 7.18. The lowest BCUT2D eigenvalue weighted by molar-refractivity contribution is -0.694. The molecule has 8 rings (SSSR count). The smallest absolute Gasteiger partial charge is 0.186 e. The van der Waals surface area contributed by atoms with E-state index in [2.05, 4.69) is 30.3 Å². The number of ketones is 2. The Morgan fingerprint density at radius 2 is 1.64 bits per heavy atom. The number of aromatic nitrogens is 1. The number of carbonyl (C=O) groups excluding carboxylic acids is 2. The number of benzene rings is 3. The number of rotatable bonds is 14. The van der Waals surface area contributed by atoms with E-state index in [4.69, 9.17) is 37.4 Å². The number of nitrogens with zero attached hydrogens (tertiary/aromatic N) is 2. The second kappa shape index (κ2) is 21.3. The van der Waals surface area contributed by atoms with Gasteiger partial charge in [-0.2, -0.15) is 5.26 Å². The van der Waals surface area contributed by atoms with Crippen LogP contribution in [-0.4, -0.2) is 29.4 Å². The standard InChI is InChI=1S/C54H63Cl2N2O6/c1-2-58-33-37(32-57)25-38(34-58)35-63-51-29-52(48(55)27-39(51)26-36-11-5-3-4-6-14-41(59)28-42(60)15-7-12-36)64-49-21-20-45-44(16-8-17-46(45)49)47-18-9-19-50(53(47)56)62-24-10-13-40-30-54(40)23-22-43(61)31-54/h8-9,16-19,25,27,29,33-34,36,40,43,49,61H,2-7,10-15,20-24,26,28,30-31,35H2,1H3/q+1/t36?,40?,43?,49-,54?/m0/s1. The fraction of sp³-hybridized carbons (Fsp3) is 0.519. The number of fused-ring (bicyclic) bond motifs is 1. The molecule has 4 aliphatic carbocycles. The summed E-state index contributed by atoms with van der Waals surface area (Å²) in [6.45, 7) is 3.66. The van der Waals surface area contributed by atoms with Gasteiger partial charge in [-0.3, -0.25) is 9.59 Å². The second-order valence-corrected chi connectivity index (χ2v) is 19.8. The van der Waals surface area contributed by atoms with Crippen molar-refractivity contribution in [3.8, 4) is 34.4 Å². The number of carbonyl (C=O) groups is 2. The van der Waals surface area contributed by atoms with E-state index in [0.29, 0.717) is 69.6 Å². The first-order chi connectivity index (χ1) is 31.1. The predicted octanol–water partition coefficient (Wildman–Crippen LogP) is 12.4. The molecule has 3 aromatic carbocycles. The Morgan fingerprint density at radius 3 is 2.45 bits per heavy atom. The summed E-state index contributed by atoms with van der Waals surface area (Å²) >= 11 is 14.3. The Balaban J connectivity index is 0.993. The van der Waals surface area contributed by atoms with Gasteiger partial charge in [0.2, 0.25) is 0 Å². The highest BCUT2D eigenvalue weighted by Crippen LogP contribution is 2.64. The highest BCUT2D eigenvalue weighted by atomic mass is 35.5. The largest absolute Gasteiger partial charge is 0.492 e. The van der Waals surface area contributed by atoms with Crippen molar-refractivity contribution in [3.05, 3.63) is 105 Å². The van der Waals surface area contributed by atoms with Crippen molar-refractivity contribution in [1.29, 1.82) is 5.26 Å². The van der Waals surface area contributed by atoms with Crippen LogP contribution in [-0.2, 0) is 35.6 Å². The molecule has 4 unspecified atom stereocenters. The van der Waals surface area contributed by atoms with Crippen LogP contribution in [0.15, 0.2) is 67.0 Å². The molecule has 3 fully saturated rings. The van der Waals surface area contributed by atoms with Gasteiger partial charge in [0.1, 0.15) is 59.7 Å². The Labute approximate surface area is 389 Å². The molecular weight excluding hydrogens is 844 g/mol. The first kappa shape index (κ1) is 46.1. The van der Waals surface area contributed by atoms with Gasteiger partial charge in [0, 0.05) is 24.5 Å². The van der Waals surface area contributed by atoms with Crippen LogP contribution in [0.2, 0.25) is 10.0 Å². The maximum absolute atomic E-state index is 12.6. The maximum atomic E-state index is 12.6. The number of hydrogen-bond acceptors (Lipinski definition) is 7. The lowest BCUT2D eigenvalue weighted by atomic mass is 9.88. The molecule has 4 aromatic rings. The van der Waals surface area contributed by atoms with Crippen molar-refractivity contribution >= 4 is 34.8 Å². The first-order valence-electron chi connectivity index (χ1n) is 23.9. The highest BCUT2D eigenvalue weighted by molar-refractivity contribution is 6.35. The highest BCUT2D eigenvalue weighted by Gasteiger charge is 2.56. The molecule has 5 atom stereocenters. The molecule has 64 heavy (non-hydrogen) atoms. The van der Waals surface area contributed by atoms with E-state index < -0.39 is 0 Å². The molecule has 338 valence electrons. The number of Topliss-reactive ketones (excluding diaryl/α,β-unsaturated/α-hetero) is 2. The fourth-order valence-corrected chi connectivity index (χ4v) is 11.4. The van der Waals surface area contributed by atoms with Crippen molar-refractivity contribution < 1.29 is 33.5 Å². The van der Waals surface area contributed by atoms with Crippen LogP contribution >= 0.6 is 23.2 Å². The number of aliphatic hydroxyl groups excluding tert-OH is 1. The molecule has 8 nitrogen and oxygen atoms in total. The molecule has 0 aliphatic heterocycles. The molecule has 0 amide bonds. The molecule has 1 aromatic heterocycles. The lowest BCUT2D eigenvalue weighted by Gasteiger charge is -2.22. The van der Waals surface area contributed by atoms with E-state index in [0.717, 1.165) is 131 Å². The minimum absolute atomic E-state index is 0.0431. The summed E-state index contributed by atoms with van der Waals surface area (Å²) in [7, 11) is 0. The lowest BCUT2D eigenvalue weighted by Crippen LogP contribution is -2.32. The van der Waals surface area contributed by atoms with Gasteiger partial charge in [0.15, 0.2) is 12.4 Å². The van der Waals surface area contributed by atoms with Crippen LogP contribution in [0.4, 0.5) is 0 Å². The molecule has 1 heterocycles. The molecular formula is C54H63Cl2N2O6+. The number of halogens is 2. The molecule has 0 radical (unpaired) electrons. The van der Waals surface area contributed by atoms with E-state index in [1.165, 1.54) is 12.0 Å². The second-order valence-electron chi connectivity index (χ2n) is 19.0. The minimum atomic E-state index is -0.230. The van der Waals surface area contributed by atoms with Gasteiger partial charge < -0.3 is 19.3 Å². The molecule has 0 bridgehead atoms. The van der Waals surface area contributed by atoms with Gasteiger partial charge in [-0.15, -0.1) is 0 Å². The average molecular weight is 907 g/mol. The zero-order chi connectivity index (χ0) is 44.6. The van der Waals surface area contributed by atoms with Crippen molar-refractivity contribution in [2.45, 2.75) is 154 Å². The van der Waals surface area contributed by atoms with Crippen molar-refractivity contribution in [1.82, 2.24) is 0 Å². The Hall–Kier alpha value is -4.42. The van der Waals surface area contributed by atoms with Gasteiger partial charge in [-0.25, -0.2) is 4.57 Å². The van der Waals surface area contributed by atoms with E-state index in [1.54, 1.807) is 0 Å². The zero-order valence-electron chi connectivity index (χ0n) is 37.4. The third kappa shape index (κ3) is 11.3. The van der Waals surface area contributed by atoms with Crippen molar-refractivity contribution in [2.75, 3.05) is 6.61 Å². The van der Waals surface area contributed by atoms with Crippen molar-refractivity contribution in [3.63, 3.8) is 0 Å². The SMILES string of the molecule is CC[n+]1cc(C#N)cc(COc2cc(O[C@H]3CCc4c(-c5cccc(OCCCC6CC67CCC(O)C7)c5Cl)cccc43)c(Cl)cc2CC2CCCCCCC(=O)CC(=O)CCC2)c1. The number of nitriles is 1. The Morgan fingerprint density at radius 1 is 0.844 bits per heavy atom. The molecule has 10 heteroatoms. The summed E-state index contributed by atoms with van der Waals surface area (Å²) < 4.78 is 21.8. The normalized spacial score (nSPS) is 23.7. The molecule has 0 saturated heterocycles. The number of ether oxygens (including phenoxy) is 3. The van der Waals surface area contributed by atoms with Gasteiger partial charge in [-0.05, 0) is 142 Å².